The lowest BCUT2D eigenvalue weighted by Gasteiger charge is -2.22. The average Bonchev–Trinajstić information content (AvgIpc) is 0.703. The van der Waals surface area contributed by atoms with Crippen molar-refractivity contribution >= 4 is 98.1 Å². The predicted octanol–water partition coefficient (Wildman–Crippen LogP) is 26.2. The molecule has 0 aliphatic carbocycles. The zero-order valence-electron chi connectivity index (χ0n) is 64.1. The Balaban J connectivity index is 1.44. The number of carbonyl (C=O) groups excluding carboxylic acids is 2. The lowest BCUT2D eigenvalue weighted by atomic mass is 9.84. The van der Waals surface area contributed by atoms with E-state index >= 15 is 9.59 Å². The smallest absolute Gasteiger partial charge is 0.339 e. The highest BCUT2D eigenvalue weighted by Gasteiger charge is 2.30. The molecule has 0 spiro atoms. The number of benzene rings is 9. The summed E-state index contributed by atoms with van der Waals surface area (Å²) in [5.74, 6) is 4.13. The first-order valence-electron chi connectivity index (χ1n) is 40.2. The molecule has 0 aromatic heterocycles. The number of ether oxygens (including phenoxy) is 10. The van der Waals surface area contributed by atoms with Crippen molar-refractivity contribution in [2.75, 3.05) is 67.1 Å². The molecule has 0 saturated heterocycles. The fourth-order valence-corrected chi connectivity index (χ4v) is 14.5. The van der Waals surface area contributed by atoms with Gasteiger partial charge in [0.25, 0.3) is 0 Å². The van der Waals surface area contributed by atoms with Gasteiger partial charge in [0.15, 0.2) is 46.0 Å². The van der Waals surface area contributed by atoms with Crippen LogP contribution < -0.4 is 37.9 Å². The van der Waals surface area contributed by atoms with Crippen LogP contribution in [0.5, 0.6) is 46.0 Å². The van der Waals surface area contributed by atoms with Crippen LogP contribution in [0.2, 0.25) is 0 Å². The Kier molecular flexibility index (Phi) is 32.1. The second kappa shape index (κ2) is 41.6. The van der Waals surface area contributed by atoms with Crippen LogP contribution in [0.15, 0.2) is 72.8 Å². The Hall–Kier alpha value is -7.60. The van der Waals surface area contributed by atoms with Crippen molar-refractivity contribution in [3.63, 3.8) is 0 Å². The van der Waals surface area contributed by atoms with Crippen molar-refractivity contribution in [3.8, 4) is 46.0 Å². The maximum absolute atomic E-state index is 15.2. The SMILES string of the molecule is CCCCCCOc1cc2c3cc(OCCCCCC)c(OCCCCCC)cc3c3cc4c(cc3c2cc1OCCCCCC)c(C(=O)OC)c(C(=O)OC)c1cc2c3cc(OCCCCCC)c(OCCCCCC)cc3c3cc(OCCCCCC)c(OCCCCCC)cc3c2cc14. The van der Waals surface area contributed by atoms with Gasteiger partial charge >= 0.3 is 11.9 Å². The van der Waals surface area contributed by atoms with E-state index in [-0.39, 0.29) is 11.1 Å². The van der Waals surface area contributed by atoms with E-state index in [4.69, 9.17) is 47.4 Å². The van der Waals surface area contributed by atoms with E-state index < -0.39 is 11.9 Å². The maximum atomic E-state index is 15.2. The third-order valence-electron chi connectivity index (χ3n) is 20.3. The number of hydrogen-bond donors (Lipinski definition) is 0. The van der Waals surface area contributed by atoms with Gasteiger partial charge in [-0.1, -0.05) is 209 Å². The van der Waals surface area contributed by atoms with E-state index in [0.717, 1.165) is 281 Å². The zero-order valence-corrected chi connectivity index (χ0v) is 64.1. The normalized spacial score (nSPS) is 11.7. The predicted molar refractivity (Wildman–Crippen MR) is 426 cm³/mol. The lowest BCUT2D eigenvalue weighted by Crippen LogP contribution is -2.13. The molecule has 0 N–H and O–H groups in total. The molecule has 0 radical (unpaired) electrons. The van der Waals surface area contributed by atoms with Gasteiger partial charge in [-0.2, -0.15) is 0 Å². The van der Waals surface area contributed by atoms with Crippen LogP contribution in [0, 0.1) is 0 Å². The van der Waals surface area contributed by atoms with Gasteiger partial charge in [-0.3, -0.25) is 0 Å². The summed E-state index contributed by atoms with van der Waals surface area (Å²) in [6, 6.07) is 25.9. The molecule has 9 aromatic carbocycles. The van der Waals surface area contributed by atoms with Crippen molar-refractivity contribution in [1.82, 2.24) is 0 Å². The molecule has 0 aliphatic heterocycles. The third kappa shape index (κ3) is 20.0. The lowest BCUT2D eigenvalue weighted by molar-refractivity contribution is 0.0559. The quantitative estimate of drug-likeness (QED) is 0.0156. The number of unbranched alkanes of at least 4 members (excludes halogenated alkanes) is 24. The van der Waals surface area contributed by atoms with Crippen LogP contribution in [-0.2, 0) is 9.47 Å². The summed E-state index contributed by atoms with van der Waals surface area (Å²) in [5.41, 5.74) is 0.228. The van der Waals surface area contributed by atoms with Crippen molar-refractivity contribution in [2.45, 2.75) is 261 Å². The van der Waals surface area contributed by atoms with E-state index in [2.05, 4.69) is 128 Å². The summed E-state index contributed by atoms with van der Waals surface area (Å²) in [4.78, 5) is 30.4. The van der Waals surface area contributed by atoms with E-state index in [1.165, 1.54) is 14.2 Å². The standard InChI is InChI=1S/C90H122O12/c1-11-19-27-35-43-95-79-55-69-63-51-67-68-52-64-66(72-58-82(98-46-38-30-22-14-4)86(102-50-42-34-26-18-8)62-76(72)74-60-84(100-48-40-32-24-16-6)80(56-70(64)74)96-44-36-28-20-12-2)54-78(68)88(90(92)94-10)87(89(91)93-9)77(67)53-65(63)71-57-81(97-45-37-29-21-13-3)85(101-49-41-33-25-17-7)61-75(71)73(69)59-83(79)99-47-39-31-23-15-5/h51-62H,11-50H2,1-10H3. The highest BCUT2D eigenvalue weighted by atomic mass is 16.5. The fraction of sp³-hybridized carbons (Fsp3) is 0.556. The Morgan fingerprint density at radius 3 is 0.480 bits per heavy atom. The first-order chi connectivity index (χ1) is 50.1. The number of rotatable bonds is 50. The van der Waals surface area contributed by atoms with Gasteiger partial charge in [0, 0.05) is 0 Å². The van der Waals surface area contributed by atoms with Gasteiger partial charge < -0.3 is 47.4 Å². The van der Waals surface area contributed by atoms with Crippen LogP contribution in [0.1, 0.15) is 282 Å². The number of carbonyl (C=O) groups is 2. The molecule has 0 heterocycles. The molecular weight excluding hydrogens is 1270 g/mol. The molecule has 0 unspecified atom stereocenters. The van der Waals surface area contributed by atoms with Crippen LogP contribution in [0.4, 0.5) is 0 Å². The number of methoxy groups -OCH3 is 2. The summed E-state index contributed by atoms with van der Waals surface area (Å²) in [6.07, 6.45) is 33.9. The molecule has 9 aromatic rings. The Labute approximate surface area is 609 Å². The van der Waals surface area contributed by atoms with E-state index in [1.54, 1.807) is 0 Å². The maximum Gasteiger partial charge on any atom is 0.339 e. The minimum Gasteiger partial charge on any atom is -0.490 e. The van der Waals surface area contributed by atoms with E-state index in [1.807, 2.05) is 0 Å². The molecule has 12 nitrogen and oxygen atoms in total. The van der Waals surface area contributed by atoms with Crippen molar-refractivity contribution in [3.05, 3.63) is 83.9 Å². The molecule has 0 amide bonds. The highest BCUT2D eigenvalue weighted by molar-refractivity contribution is 6.35. The van der Waals surface area contributed by atoms with Crippen LogP contribution in [-0.4, -0.2) is 79.0 Å². The second-order valence-electron chi connectivity index (χ2n) is 28.3. The summed E-state index contributed by atoms with van der Waals surface area (Å²) in [5, 5.41) is 13.6. The Morgan fingerprint density at radius 1 is 0.196 bits per heavy atom. The van der Waals surface area contributed by atoms with E-state index in [9.17, 15) is 0 Å². The van der Waals surface area contributed by atoms with Gasteiger partial charge in [-0.15, -0.1) is 0 Å². The average molecular weight is 1400 g/mol. The second-order valence-corrected chi connectivity index (χ2v) is 28.3. The summed E-state index contributed by atoms with van der Waals surface area (Å²) in [6.45, 7) is 22.2. The van der Waals surface area contributed by atoms with Crippen LogP contribution >= 0.6 is 0 Å². The largest absolute Gasteiger partial charge is 0.490 e. The minimum atomic E-state index is -0.660. The number of fused-ring (bicyclic) bond motifs is 15. The van der Waals surface area contributed by atoms with Crippen molar-refractivity contribution < 1.29 is 57.0 Å². The van der Waals surface area contributed by atoms with Gasteiger partial charge in [-0.05, 0) is 210 Å². The third-order valence-corrected chi connectivity index (χ3v) is 20.3. The van der Waals surface area contributed by atoms with Gasteiger partial charge in [0.05, 0.1) is 78.2 Å². The summed E-state index contributed by atoms with van der Waals surface area (Å²) in [7, 11) is 2.76. The number of hydrogen-bond acceptors (Lipinski definition) is 12. The monoisotopic (exact) mass is 1390 g/mol. The molecule has 0 fully saturated rings. The van der Waals surface area contributed by atoms with E-state index in [0.29, 0.717) is 110 Å². The molecular formula is C90H122O12. The first kappa shape index (κ1) is 78.5. The molecule has 0 bridgehead atoms. The van der Waals surface area contributed by atoms with Gasteiger partial charge in [0.1, 0.15) is 0 Å². The molecule has 9 rings (SSSR count). The highest BCUT2D eigenvalue weighted by Crippen LogP contribution is 2.51. The van der Waals surface area contributed by atoms with Crippen LogP contribution in [0.3, 0.4) is 0 Å². The molecule has 102 heavy (non-hydrogen) atoms. The minimum absolute atomic E-state index is 0.114. The van der Waals surface area contributed by atoms with Gasteiger partial charge in [-0.25, -0.2) is 9.59 Å². The topological polar surface area (TPSA) is 126 Å². The number of esters is 2. The van der Waals surface area contributed by atoms with Crippen molar-refractivity contribution in [1.29, 1.82) is 0 Å². The first-order valence-corrected chi connectivity index (χ1v) is 40.2. The van der Waals surface area contributed by atoms with Crippen molar-refractivity contribution in [2.24, 2.45) is 0 Å². The van der Waals surface area contributed by atoms with Crippen LogP contribution in [0.25, 0.3) is 86.2 Å². The summed E-state index contributed by atoms with van der Waals surface area (Å²) < 4.78 is 66.5. The molecule has 554 valence electrons. The molecule has 12 heteroatoms. The molecule has 0 aliphatic rings. The fourth-order valence-electron chi connectivity index (χ4n) is 14.5. The Bertz CT molecular complexity index is 3900. The zero-order chi connectivity index (χ0) is 72.0. The summed E-state index contributed by atoms with van der Waals surface area (Å²) >= 11 is 0. The molecule has 0 saturated carbocycles. The van der Waals surface area contributed by atoms with Gasteiger partial charge in [0.2, 0.25) is 0 Å². The Morgan fingerprint density at radius 2 is 0.333 bits per heavy atom. The molecule has 0 atom stereocenters.